The Morgan fingerprint density at radius 2 is 2.05 bits per heavy atom. The number of hydrogen-bond acceptors (Lipinski definition) is 4. The first kappa shape index (κ1) is 13.5. The van der Waals surface area contributed by atoms with Crippen LogP contribution in [0.4, 0.5) is 11.4 Å². The van der Waals surface area contributed by atoms with Gasteiger partial charge in [-0.05, 0) is 18.6 Å². The topological polar surface area (TPSA) is 65.1 Å². The molecule has 0 aliphatic carbocycles. The van der Waals surface area contributed by atoms with Crippen molar-refractivity contribution in [2.45, 2.75) is 25.8 Å². The van der Waals surface area contributed by atoms with Gasteiger partial charge in [0.2, 0.25) is 0 Å². The molecule has 2 rings (SSSR count). The van der Waals surface area contributed by atoms with Crippen LogP contribution in [0.3, 0.4) is 0 Å². The number of anilines is 2. The molecule has 1 heterocycles. The van der Waals surface area contributed by atoms with Gasteiger partial charge >= 0.3 is 0 Å². The van der Waals surface area contributed by atoms with Crippen molar-refractivity contribution in [3.63, 3.8) is 0 Å². The monoisotopic (exact) mass is 262 g/mol. The number of amidine groups is 1. The number of benzene rings is 1. The highest BCUT2D eigenvalue weighted by Gasteiger charge is 2.25. The Balaban J connectivity index is 2.27. The highest BCUT2D eigenvalue weighted by Crippen LogP contribution is 2.34. The zero-order valence-corrected chi connectivity index (χ0v) is 11.6. The van der Waals surface area contributed by atoms with Crippen LogP contribution in [-0.2, 0) is 0 Å². The summed E-state index contributed by atoms with van der Waals surface area (Å²) >= 11 is 0. The average molecular weight is 262 g/mol. The molecule has 1 aromatic carbocycles. The second-order valence-electron chi connectivity index (χ2n) is 4.96. The molecule has 0 bridgehead atoms. The molecule has 0 saturated carbocycles. The van der Waals surface area contributed by atoms with E-state index in [9.17, 15) is 0 Å². The number of para-hydroxylation sites is 2. The standard InChI is InChI=1S/C14H22N4O/c1-3-11(10-14(15)16-19)18-9-8-17(2)12-6-4-5-7-13(12)18/h4-7,11,19H,3,8-10H2,1-2H3,(H2,15,16). The van der Waals surface area contributed by atoms with Gasteiger partial charge in [0.1, 0.15) is 5.84 Å². The maximum atomic E-state index is 8.75. The number of nitrogens with zero attached hydrogens (tertiary/aromatic N) is 3. The van der Waals surface area contributed by atoms with Crippen molar-refractivity contribution in [1.29, 1.82) is 0 Å². The Kier molecular flexibility index (Phi) is 4.14. The molecular formula is C14H22N4O. The van der Waals surface area contributed by atoms with Crippen LogP contribution < -0.4 is 15.5 Å². The van der Waals surface area contributed by atoms with Crippen molar-refractivity contribution in [1.82, 2.24) is 0 Å². The number of nitrogens with two attached hydrogens (primary N) is 1. The van der Waals surface area contributed by atoms with E-state index in [0.29, 0.717) is 12.3 Å². The largest absolute Gasteiger partial charge is 0.409 e. The van der Waals surface area contributed by atoms with Gasteiger partial charge in [0, 0.05) is 32.6 Å². The van der Waals surface area contributed by atoms with Gasteiger partial charge in [0.05, 0.1) is 11.4 Å². The highest BCUT2D eigenvalue weighted by molar-refractivity contribution is 5.81. The number of oxime groups is 1. The van der Waals surface area contributed by atoms with E-state index in [1.807, 2.05) is 0 Å². The quantitative estimate of drug-likeness (QED) is 0.376. The number of fused-ring (bicyclic) bond motifs is 1. The van der Waals surface area contributed by atoms with Crippen LogP contribution in [0.5, 0.6) is 0 Å². The third kappa shape index (κ3) is 2.75. The summed E-state index contributed by atoms with van der Waals surface area (Å²) in [6.45, 7) is 4.09. The first-order valence-electron chi connectivity index (χ1n) is 6.70. The molecule has 1 unspecified atom stereocenters. The first-order chi connectivity index (χ1) is 9.17. The summed E-state index contributed by atoms with van der Waals surface area (Å²) in [5.41, 5.74) is 8.14. The van der Waals surface area contributed by atoms with Gasteiger partial charge in [0.15, 0.2) is 0 Å². The summed E-state index contributed by atoms with van der Waals surface area (Å²) in [7, 11) is 2.11. The average Bonchev–Trinajstić information content (AvgIpc) is 2.45. The molecule has 3 N–H and O–H groups in total. The Morgan fingerprint density at radius 3 is 2.68 bits per heavy atom. The predicted octanol–water partition coefficient (Wildman–Crippen LogP) is 1.86. The molecular weight excluding hydrogens is 240 g/mol. The molecule has 1 aliphatic rings. The van der Waals surface area contributed by atoms with Crippen LogP contribution in [0.2, 0.25) is 0 Å². The Labute approximate surface area is 114 Å². The summed E-state index contributed by atoms with van der Waals surface area (Å²) in [4.78, 5) is 4.63. The van der Waals surface area contributed by atoms with E-state index in [4.69, 9.17) is 10.9 Å². The minimum absolute atomic E-state index is 0.269. The summed E-state index contributed by atoms with van der Waals surface area (Å²) in [5, 5.41) is 11.9. The third-order valence-electron chi connectivity index (χ3n) is 3.76. The zero-order valence-electron chi connectivity index (χ0n) is 11.6. The van der Waals surface area contributed by atoms with E-state index in [1.54, 1.807) is 0 Å². The van der Waals surface area contributed by atoms with Gasteiger partial charge in [-0.3, -0.25) is 0 Å². The SMILES string of the molecule is CCC(CC(N)=NO)N1CCN(C)c2ccccc21. The van der Waals surface area contributed by atoms with E-state index in [2.05, 4.69) is 53.2 Å². The van der Waals surface area contributed by atoms with E-state index >= 15 is 0 Å². The van der Waals surface area contributed by atoms with Crippen molar-refractivity contribution < 1.29 is 5.21 Å². The fourth-order valence-corrected chi connectivity index (χ4v) is 2.66. The molecule has 104 valence electrons. The third-order valence-corrected chi connectivity index (χ3v) is 3.76. The van der Waals surface area contributed by atoms with Crippen molar-refractivity contribution >= 4 is 17.2 Å². The van der Waals surface area contributed by atoms with E-state index in [1.165, 1.54) is 11.4 Å². The van der Waals surface area contributed by atoms with Crippen LogP contribution in [0.1, 0.15) is 19.8 Å². The lowest BCUT2D eigenvalue weighted by Gasteiger charge is -2.41. The van der Waals surface area contributed by atoms with Crippen LogP contribution >= 0.6 is 0 Å². The lowest BCUT2D eigenvalue weighted by molar-refractivity contribution is 0.316. The van der Waals surface area contributed by atoms with Gasteiger partial charge in [-0.1, -0.05) is 24.2 Å². The second kappa shape index (κ2) is 5.82. The van der Waals surface area contributed by atoms with Crippen LogP contribution in [-0.4, -0.2) is 37.2 Å². The molecule has 0 saturated heterocycles. The van der Waals surface area contributed by atoms with Gasteiger partial charge < -0.3 is 20.7 Å². The highest BCUT2D eigenvalue weighted by atomic mass is 16.4. The predicted molar refractivity (Wildman–Crippen MR) is 79.2 cm³/mol. The van der Waals surface area contributed by atoms with Gasteiger partial charge in [-0.15, -0.1) is 0 Å². The molecule has 0 fully saturated rings. The maximum absolute atomic E-state index is 8.75. The maximum Gasteiger partial charge on any atom is 0.141 e. The molecule has 0 radical (unpaired) electrons. The molecule has 0 spiro atoms. The fraction of sp³-hybridized carbons (Fsp3) is 0.500. The number of hydrogen-bond donors (Lipinski definition) is 2. The summed E-state index contributed by atoms with van der Waals surface area (Å²) in [5.74, 6) is 0.295. The fourth-order valence-electron chi connectivity index (χ4n) is 2.66. The first-order valence-corrected chi connectivity index (χ1v) is 6.70. The summed E-state index contributed by atoms with van der Waals surface area (Å²) < 4.78 is 0. The normalized spacial score (nSPS) is 17.3. The summed E-state index contributed by atoms with van der Waals surface area (Å²) in [6.07, 6.45) is 1.55. The zero-order chi connectivity index (χ0) is 13.8. The van der Waals surface area contributed by atoms with Crippen LogP contribution in [0.25, 0.3) is 0 Å². The lowest BCUT2D eigenvalue weighted by Crippen LogP contribution is -2.46. The van der Waals surface area contributed by atoms with Crippen molar-refractivity contribution in [3.8, 4) is 0 Å². The van der Waals surface area contributed by atoms with Gasteiger partial charge in [-0.25, -0.2) is 0 Å². The molecule has 5 nitrogen and oxygen atoms in total. The van der Waals surface area contributed by atoms with E-state index in [-0.39, 0.29) is 6.04 Å². The van der Waals surface area contributed by atoms with Crippen molar-refractivity contribution in [2.24, 2.45) is 10.9 Å². The minimum Gasteiger partial charge on any atom is -0.409 e. The molecule has 1 atom stereocenters. The molecule has 19 heavy (non-hydrogen) atoms. The summed E-state index contributed by atoms with van der Waals surface area (Å²) in [6, 6.07) is 8.66. The van der Waals surface area contributed by atoms with E-state index < -0.39 is 0 Å². The number of rotatable bonds is 4. The lowest BCUT2D eigenvalue weighted by atomic mass is 10.0. The molecule has 0 aromatic heterocycles. The van der Waals surface area contributed by atoms with E-state index in [0.717, 1.165) is 19.5 Å². The van der Waals surface area contributed by atoms with Gasteiger partial charge in [-0.2, -0.15) is 0 Å². The van der Waals surface area contributed by atoms with Crippen molar-refractivity contribution in [3.05, 3.63) is 24.3 Å². The smallest absolute Gasteiger partial charge is 0.141 e. The molecule has 1 aliphatic heterocycles. The minimum atomic E-state index is 0.269. The van der Waals surface area contributed by atoms with Crippen LogP contribution in [0.15, 0.2) is 29.4 Å². The van der Waals surface area contributed by atoms with Crippen molar-refractivity contribution in [2.75, 3.05) is 29.9 Å². The number of likely N-dealkylation sites (N-methyl/N-ethyl adjacent to an activating group) is 1. The Bertz CT molecular complexity index is 461. The molecule has 1 aromatic rings. The molecule has 5 heteroatoms. The van der Waals surface area contributed by atoms with Gasteiger partial charge in [0.25, 0.3) is 0 Å². The van der Waals surface area contributed by atoms with Crippen LogP contribution in [0, 0.1) is 0 Å². The second-order valence-corrected chi connectivity index (χ2v) is 4.96. The Morgan fingerprint density at radius 1 is 1.37 bits per heavy atom. The molecule has 0 amide bonds. The Hall–Kier alpha value is -1.91.